The van der Waals surface area contributed by atoms with Crippen molar-refractivity contribution in [2.75, 3.05) is 31.7 Å². The summed E-state index contributed by atoms with van der Waals surface area (Å²) < 4.78 is 19.1. The number of carbonyl (C=O) groups is 3. The van der Waals surface area contributed by atoms with E-state index in [9.17, 15) is 18.8 Å². The fraction of sp³-hybridized carbons (Fsp3) is 0.375. The average Bonchev–Trinajstić information content (AvgIpc) is 3.55. The smallest absolute Gasteiger partial charge is 0.271 e. The molecule has 3 aliphatic rings. The summed E-state index contributed by atoms with van der Waals surface area (Å²) in [7, 11) is 0. The summed E-state index contributed by atoms with van der Waals surface area (Å²) in [6.07, 6.45) is 2.48. The third-order valence-electron chi connectivity index (χ3n) is 6.45. The standard InChI is InChI=1S/C24H25FN4O5/c1-12-19(8-17-16-7-15(25)3-4-18(16)27-22(17)30)26-13(2)21(12)23(31)28-20-11-34-29(24(20)32)9-14-5-6-33-10-14/h3-4,7-8,14,20,26H,5-6,9-11H2,1-2H3,(H,27,30)(H,28,31)/t14?,20-/m1/s1. The number of aryl methyl sites for hydroxylation is 1. The van der Waals surface area contributed by atoms with E-state index in [1.54, 1.807) is 19.9 Å². The number of ether oxygens (including phenoxy) is 1. The van der Waals surface area contributed by atoms with Crippen LogP contribution in [0.3, 0.4) is 0 Å². The van der Waals surface area contributed by atoms with Crippen molar-refractivity contribution >= 4 is 35.1 Å². The Morgan fingerprint density at radius 3 is 2.88 bits per heavy atom. The molecule has 178 valence electrons. The Morgan fingerprint density at radius 2 is 2.12 bits per heavy atom. The highest BCUT2D eigenvalue weighted by Crippen LogP contribution is 2.34. The number of aromatic nitrogens is 1. The van der Waals surface area contributed by atoms with E-state index >= 15 is 0 Å². The molecule has 3 aliphatic heterocycles. The van der Waals surface area contributed by atoms with Crippen LogP contribution in [0.5, 0.6) is 0 Å². The fourth-order valence-corrected chi connectivity index (χ4v) is 4.62. The average molecular weight is 468 g/mol. The molecule has 3 amide bonds. The minimum Gasteiger partial charge on any atom is -0.381 e. The summed E-state index contributed by atoms with van der Waals surface area (Å²) in [5, 5.41) is 6.79. The second-order valence-electron chi connectivity index (χ2n) is 8.82. The van der Waals surface area contributed by atoms with Crippen LogP contribution in [0.15, 0.2) is 18.2 Å². The monoisotopic (exact) mass is 468 g/mol. The molecule has 2 atom stereocenters. The number of hydrogen-bond acceptors (Lipinski definition) is 5. The fourth-order valence-electron chi connectivity index (χ4n) is 4.62. The summed E-state index contributed by atoms with van der Waals surface area (Å²) in [6.45, 7) is 5.28. The number of nitrogens with zero attached hydrogens (tertiary/aromatic N) is 1. The molecule has 0 bridgehead atoms. The molecule has 34 heavy (non-hydrogen) atoms. The molecule has 2 aromatic rings. The van der Waals surface area contributed by atoms with Gasteiger partial charge in [0.15, 0.2) is 0 Å². The van der Waals surface area contributed by atoms with E-state index in [0.717, 1.165) is 6.42 Å². The van der Waals surface area contributed by atoms with E-state index in [0.29, 0.717) is 59.1 Å². The van der Waals surface area contributed by atoms with Crippen molar-refractivity contribution in [1.82, 2.24) is 15.4 Å². The topological polar surface area (TPSA) is 113 Å². The molecule has 10 heteroatoms. The number of carbonyl (C=O) groups excluding carboxylic acids is 3. The summed E-state index contributed by atoms with van der Waals surface area (Å²) in [5.41, 5.74) is 3.45. The van der Waals surface area contributed by atoms with Gasteiger partial charge in [-0.3, -0.25) is 19.2 Å². The van der Waals surface area contributed by atoms with Gasteiger partial charge in [-0.15, -0.1) is 0 Å². The lowest BCUT2D eigenvalue weighted by molar-refractivity contribution is -0.164. The van der Waals surface area contributed by atoms with Gasteiger partial charge < -0.3 is 20.4 Å². The van der Waals surface area contributed by atoms with Crippen LogP contribution in [0, 0.1) is 25.6 Å². The third kappa shape index (κ3) is 3.99. The molecule has 1 unspecified atom stereocenters. The molecular weight excluding hydrogens is 443 g/mol. The zero-order valence-corrected chi connectivity index (χ0v) is 18.9. The van der Waals surface area contributed by atoms with Crippen LogP contribution in [-0.2, 0) is 19.2 Å². The zero-order chi connectivity index (χ0) is 24.0. The largest absolute Gasteiger partial charge is 0.381 e. The van der Waals surface area contributed by atoms with Gasteiger partial charge in [0.05, 0.1) is 24.3 Å². The predicted molar refractivity (Wildman–Crippen MR) is 121 cm³/mol. The first kappa shape index (κ1) is 22.3. The van der Waals surface area contributed by atoms with E-state index in [2.05, 4.69) is 15.6 Å². The Morgan fingerprint density at radius 1 is 1.29 bits per heavy atom. The SMILES string of the molecule is Cc1[nH]c(C=C2C(=O)Nc3ccc(F)cc32)c(C)c1C(=O)N[C@@H]1CON(CC2CCOC2)C1=O. The maximum Gasteiger partial charge on any atom is 0.271 e. The van der Waals surface area contributed by atoms with Gasteiger partial charge in [0.2, 0.25) is 0 Å². The van der Waals surface area contributed by atoms with E-state index in [1.807, 2.05) is 0 Å². The second kappa shape index (κ2) is 8.69. The van der Waals surface area contributed by atoms with Crippen molar-refractivity contribution in [3.63, 3.8) is 0 Å². The lowest BCUT2D eigenvalue weighted by atomic mass is 10.0. The Kier molecular flexibility index (Phi) is 5.70. The van der Waals surface area contributed by atoms with Crippen molar-refractivity contribution in [2.24, 2.45) is 5.92 Å². The van der Waals surface area contributed by atoms with E-state index in [-0.39, 0.29) is 24.3 Å². The number of anilines is 1. The van der Waals surface area contributed by atoms with E-state index in [4.69, 9.17) is 9.57 Å². The Hall–Kier alpha value is -3.50. The molecule has 0 aliphatic carbocycles. The number of fused-ring (bicyclic) bond motifs is 1. The minimum absolute atomic E-state index is 0.0695. The number of amides is 3. The van der Waals surface area contributed by atoms with Crippen LogP contribution < -0.4 is 10.6 Å². The van der Waals surface area contributed by atoms with Gasteiger partial charge in [-0.1, -0.05) is 0 Å². The van der Waals surface area contributed by atoms with Crippen molar-refractivity contribution in [2.45, 2.75) is 26.3 Å². The van der Waals surface area contributed by atoms with Gasteiger partial charge in [-0.05, 0) is 50.1 Å². The van der Waals surface area contributed by atoms with Crippen LogP contribution in [0.2, 0.25) is 0 Å². The van der Waals surface area contributed by atoms with Crippen molar-refractivity contribution in [1.29, 1.82) is 0 Å². The summed E-state index contributed by atoms with van der Waals surface area (Å²) >= 11 is 0. The van der Waals surface area contributed by atoms with Crippen molar-refractivity contribution < 1.29 is 28.3 Å². The molecule has 0 saturated carbocycles. The van der Waals surface area contributed by atoms with Crippen molar-refractivity contribution in [3.05, 3.63) is 52.1 Å². The highest BCUT2D eigenvalue weighted by Gasteiger charge is 2.37. The Bertz CT molecular complexity index is 1210. The quantitative estimate of drug-likeness (QED) is 0.583. The van der Waals surface area contributed by atoms with Crippen LogP contribution >= 0.6 is 0 Å². The first-order valence-electron chi connectivity index (χ1n) is 11.2. The Balaban J connectivity index is 1.33. The molecule has 0 spiro atoms. The number of hydroxylamine groups is 2. The van der Waals surface area contributed by atoms with Crippen LogP contribution in [0.4, 0.5) is 10.1 Å². The molecule has 2 saturated heterocycles. The molecule has 5 rings (SSSR count). The van der Waals surface area contributed by atoms with Crippen molar-refractivity contribution in [3.8, 4) is 0 Å². The number of nitrogens with one attached hydrogen (secondary N) is 3. The second-order valence-corrected chi connectivity index (χ2v) is 8.82. The first-order chi connectivity index (χ1) is 16.3. The first-order valence-corrected chi connectivity index (χ1v) is 11.2. The maximum absolute atomic E-state index is 13.7. The minimum atomic E-state index is -0.777. The Labute approximate surface area is 195 Å². The molecule has 9 nitrogen and oxygen atoms in total. The highest BCUT2D eigenvalue weighted by molar-refractivity contribution is 6.34. The normalized spacial score (nSPS) is 23.0. The van der Waals surface area contributed by atoms with E-state index in [1.165, 1.54) is 23.3 Å². The number of H-pyrrole nitrogens is 1. The van der Waals surface area contributed by atoms with Gasteiger partial charge in [0.25, 0.3) is 17.7 Å². The number of aromatic amines is 1. The molecule has 1 aromatic heterocycles. The summed E-state index contributed by atoms with van der Waals surface area (Å²) in [5.74, 6) is -1.26. The van der Waals surface area contributed by atoms with E-state index < -0.39 is 17.8 Å². The predicted octanol–water partition coefficient (Wildman–Crippen LogP) is 2.17. The number of halogens is 1. The molecule has 4 heterocycles. The van der Waals surface area contributed by atoms with Gasteiger partial charge in [-0.2, -0.15) is 0 Å². The van der Waals surface area contributed by atoms with Crippen LogP contribution in [-0.4, -0.2) is 60.2 Å². The molecule has 3 N–H and O–H groups in total. The molecule has 0 radical (unpaired) electrons. The molecule has 1 aromatic carbocycles. The van der Waals surface area contributed by atoms with Gasteiger partial charge >= 0.3 is 0 Å². The van der Waals surface area contributed by atoms with Gasteiger partial charge in [-0.25, -0.2) is 9.45 Å². The molecular formula is C24H25FN4O5. The van der Waals surface area contributed by atoms with Gasteiger partial charge in [0.1, 0.15) is 18.5 Å². The number of benzene rings is 1. The molecule has 2 fully saturated rings. The van der Waals surface area contributed by atoms with Gasteiger partial charge in [0, 0.05) is 35.2 Å². The highest BCUT2D eigenvalue weighted by atomic mass is 19.1. The summed E-state index contributed by atoms with van der Waals surface area (Å²) in [4.78, 5) is 46.8. The van der Waals surface area contributed by atoms with Crippen LogP contribution in [0.25, 0.3) is 11.6 Å². The summed E-state index contributed by atoms with van der Waals surface area (Å²) in [6, 6.07) is 3.32. The maximum atomic E-state index is 13.7. The number of rotatable bonds is 5. The third-order valence-corrected chi connectivity index (χ3v) is 6.45. The lowest BCUT2D eigenvalue weighted by Gasteiger charge is -2.18. The number of hydrogen-bond donors (Lipinski definition) is 3. The van der Waals surface area contributed by atoms with Crippen LogP contribution in [0.1, 0.15) is 39.3 Å². The lowest BCUT2D eigenvalue weighted by Crippen LogP contribution is -2.43. The zero-order valence-electron chi connectivity index (χ0n) is 18.9.